The molecule has 5 heteroatoms. The first kappa shape index (κ1) is 13.9. The van der Waals surface area contributed by atoms with Crippen molar-refractivity contribution in [1.82, 2.24) is 5.43 Å². The molecule has 2 rings (SSSR count). The minimum Gasteiger partial charge on any atom is -0.271 e. The molecule has 18 heavy (non-hydrogen) atoms. The Morgan fingerprint density at radius 3 is 2.83 bits per heavy atom. The average Bonchev–Trinajstić information content (AvgIpc) is 2.77. The van der Waals surface area contributed by atoms with E-state index in [1.807, 2.05) is 18.2 Å². The zero-order chi connectivity index (χ0) is 13.0. The van der Waals surface area contributed by atoms with E-state index < -0.39 is 0 Å². The number of thiophene rings is 1. The molecule has 0 radical (unpaired) electrons. The molecule has 0 saturated heterocycles. The van der Waals surface area contributed by atoms with Gasteiger partial charge in [0.05, 0.1) is 6.04 Å². The molecule has 0 amide bonds. The van der Waals surface area contributed by atoms with Gasteiger partial charge >= 0.3 is 0 Å². The zero-order valence-electron chi connectivity index (χ0n) is 10.0. The van der Waals surface area contributed by atoms with Gasteiger partial charge in [-0.15, -0.1) is 23.1 Å². The van der Waals surface area contributed by atoms with Crippen LogP contribution in [0.3, 0.4) is 0 Å². The molecule has 0 aliphatic carbocycles. The first-order chi connectivity index (χ1) is 8.69. The van der Waals surface area contributed by atoms with Gasteiger partial charge in [0.1, 0.15) is 0 Å². The molecule has 3 N–H and O–H groups in total. The Morgan fingerprint density at radius 2 is 2.22 bits per heavy atom. The first-order valence-corrected chi connectivity index (χ1v) is 7.78. The first-order valence-electron chi connectivity index (χ1n) is 5.60. The van der Waals surface area contributed by atoms with Crippen LogP contribution in [0.25, 0.3) is 0 Å². The number of halogens is 1. The lowest BCUT2D eigenvalue weighted by atomic mass is 10.3. The third-order valence-electron chi connectivity index (χ3n) is 2.52. The van der Waals surface area contributed by atoms with Gasteiger partial charge in [-0.1, -0.05) is 17.7 Å². The molecule has 1 heterocycles. The highest BCUT2D eigenvalue weighted by atomic mass is 35.5. The van der Waals surface area contributed by atoms with E-state index in [4.69, 9.17) is 17.4 Å². The summed E-state index contributed by atoms with van der Waals surface area (Å²) in [6, 6.07) is 12.3. The summed E-state index contributed by atoms with van der Waals surface area (Å²) in [5.74, 6) is 6.51. The Morgan fingerprint density at radius 1 is 1.39 bits per heavy atom. The van der Waals surface area contributed by atoms with Crippen molar-refractivity contribution >= 4 is 34.7 Å². The van der Waals surface area contributed by atoms with Crippen LogP contribution in [0.2, 0.25) is 5.02 Å². The highest BCUT2D eigenvalue weighted by Gasteiger charge is 2.12. The normalized spacial score (nSPS) is 12.6. The Bertz CT molecular complexity index is 513. The van der Waals surface area contributed by atoms with E-state index in [1.165, 1.54) is 9.75 Å². The Labute approximate surface area is 121 Å². The number of hydrogen-bond acceptors (Lipinski definition) is 4. The van der Waals surface area contributed by atoms with E-state index in [0.717, 1.165) is 15.7 Å². The third kappa shape index (κ3) is 3.73. The van der Waals surface area contributed by atoms with Crippen molar-refractivity contribution in [3.63, 3.8) is 0 Å². The van der Waals surface area contributed by atoms with Gasteiger partial charge in [-0.2, -0.15) is 0 Å². The molecular formula is C13H15ClN2S2. The lowest BCUT2D eigenvalue weighted by Crippen LogP contribution is -2.29. The summed E-state index contributed by atoms with van der Waals surface area (Å²) in [6.45, 7) is 2.10. The summed E-state index contributed by atoms with van der Waals surface area (Å²) in [6.07, 6.45) is 0. The summed E-state index contributed by atoms with van der Waals surface area (Å²) in [5.41, 5.74) is 2.87. The van der Waals surface area contributed by atoms with Gasteiger partial charge in [-0.3, -0.25) is 11.3 Å². The van der Waals surface area contributed by atoms with Gasteiger partial charge in [0.2, 0.25) is 0 Å². The van der Waals surface area contributed by atoms with Crippen molar-refractivity contribution < 1.29 is 0 Å². The second kappa shape index (κ2) is 6.59. The number of hydrazine groups is 1. The Balaban J connectivity index is 1.99. The summed E-state index contributed by atoms with van der Waals surface area (Å²) in [7, 11) is 0. The van der Waals surface area contributed by atoms with Gasteiger partial charge in [-0.05, 0) is 37.3 Å². The fourth-order valence-corrected chi connectivity index (χ4v) is 3.91. The topological polar surface area (TPSA) is 38.0 Å². The second-order valence-corrected chi connectivity index (χ2v) is 6.79. The van der Waals surface area contributed by atoms with E-state index in [2.05, 4.69) is 30.5 Å². The maximum absolute atomic E-state index is 5.96. The minimum atomic E-state index is 0.174. The van der Waals surface area contributed by atoms with Crippen LogP contribution >= 0.6 is 34.7 Å². The molecule has 1 aromatic carbocycles. The fraction of sp³-hybridized carbons (Fsp3) is 0.231. The Hall–Kier alpha value is -0.520. The van der Waals surface area contributed by atoms with Crippen LogP contribution in [0.4, 0.5) is 0 Å². The molecule has 0 spiro atoms. The second-order valence-electron chi connectivity index (χ2n) is 3.94. The van der Waals surface area contributed by atoms with E-state index in [9.17, 15) is 0 Å². The standard InChI is InChI=1S/C13H15ClN2S2/c1-9-5-6-13(18-9)12(16-15)8-17-11-4-2-3-10(14)7-11/h2-7,12,16H,8,15H2,1H3. The SMILES string of the molecule is Cc1ccc(C(CSc2cccc(Cl)c2)NN)s1. The van der Waals surface area contributed by atoms with E-state index in [-0.39, 0.29) is 6.04 Å². The highest BCUT2D eigenvalue weighted by molar-refractivity contribution is 7.99. The molecule has 0 fully saturated rings. The summed E-state index contributed by atoms with van der Waals surface area (Å²) in [5, 5.41) is 0.768. The third-order valence-corrected chi connectivity index (χ3v) is 4.96. The molecule has 0 aliphatic rings. The quantitative estimate of drug-likeness (QED) is 0.498. The van der Waals surface area contributed by atoms with Gasteiger partial charge in [0.15, 0.2) is 0 Å². The number of rotatable bonds is 5. The Kier molecular flexibility index (Phi) is 5.09. The zero-order valence-corrected chi connectivity index (χ0v) is 12.4. The monoisotopic (exact) mass is 298 g/mol. The predicted octanol–water partition coefficient (Wildman–Crippen LogP) is 4.01. The van der Waals surface area contributed by atoms with Crippen molar-refractivity contribution in [2.75, 3.05) is 5.75 Å². The largest absolute Gasteiger partial charge is 0.271 e. The van der Waals surface area contributed by atoms with Crippen LogP contribution < -0.4 is 11.3 Å². The van der Waals surface area contributed by atoms with Crippen molar-refractivity contribution in [3.8, 4) is 0 Å². The minimum absolute atomic E-state index is 0.174. The summed E-state index contributed by atoms with van der Waals surface area (Å²) < 4.78 is 0. The molecule has 0 saturated carbocycles. The predicted molar refractivity (Wildman–Crippen MR) is 81.3 cm³/mol. The van der Waals surface area contributed by atoms with Crippen LogP contribution in [0.1, 0.15) is 15.8 Å². The van der Waals surface area contributed by atoms with Crippen molar-refractivity contribution in [2.45, 2.75) is 17.9 Å². The smallest absolute Gasteiger partial charge is 0.0647 e. The number of hydrogen-bond donors (Lipinski definition) is 2. The van der Waals surface area contributed by atoms with Crippen molar-refractivity contribution in [1.29, 1.82) is 0 Å². The maximum Gasteiger partial charge on any atom is 0.0647 e. The fourth-order valence-electron chi connectivity index (χ4n) is 1.59. The highest BCUT2D eigenvalue weighted by Crippen LogP contribution is 2.29. The molecule has 1 atom stereocenters. The maximum atomic E-state index is 5.96. The van der Waals surface area contributed by atoms with Crippen molar-refractivity contribution in [3.05, 3.63) is 51.2 Å². The molecular weight excluding hydrogens is 284 g/mol. The molecule has 1 aromatic heterocycles. The molecule has 1 unspecified atom stereocenters. The van der Waals surface area contributed by atoms with Gasteiger partial charge in [-0.25, -0.2) is 0 Å². The number of benzene rings is 1. The molecule has 0 aliphatic heterocycles. The van der Waals surface area contributed by atoms with Crippen LogP contribution in [-0.2, 0) is 0 Å². The number of thioether (sulfide) groups is 1. The number of aryl methyl sites for hydroxylation is 1. The van der Waals surface area contributed by atoms with E-state index in [1.54, 1.807) is 23.1 Å². The summed E-state index contributed by atoms with van der Waals surface area (Å²) in [4.78, 5) is 3.73. The van der Waals surface area contributed by atoms with Crippen molar-refractivity contribution in [2.24, 2.45) is 5.84 Å². The van der Waals surface area contributed by atoms with Gasteiger partial charge in [0, 0.05) is 25.4 Å². The molecule has 0 bridgehead atoms. The molecule has 2 aromatic rings. The lowest BCUT2D eigenvalue weighted by molar-refractivity contribution is 0.620. The average molecular weight is 299 g/mol. The van der Waals surface area contributed by atoms with Crippen LogP contribution in [0, 0.1) is 6.92 Å². The summed E-state index contributed by atoms with van der Waals surface area (Å²) >= 11 is 9.49. The van der Waals surface area contributed by atoms with E-state index in [0.29, 0.717) is 0 Å². The molecule has 96 valence electrons. The number of nitrogens with two attached hydrogens (primary N) is 1. The molecule has 2 nitrogen and oxygen atoms in total. The van der Waals surface area contributed by atoms with E-state index >= 15 is 0 Å². The van der Waals surface area contributed by atoms with Gasteiger partial charge in [0.25, 0.3) is 0 Å². The van der Waals surface area contributed by atoms with Gasteiger partial charge < -0.3 is 0 Å². The number of nitrogens with one attached hydrogen (secondary N) is 1. The van der Waals surface area contributed by atoms with Crippen LogP contribution in [0.15, 0.2) is 41.3 Å². The van der Waals surface area contributed by atoms with Crippen LogP contribution in [0.5, 0.6) is 0 Å². The van der Waals surface area contributed by atoms with Crippen LogP contribution in [-0.4, -0.2) is 5.75 Å². The lowest BCUT2D eigenvalue weighted by Gasteiger charge is -2.13.